The second-order valence-electron chi connectivity index (χ2n) is 6.70. The lowest BCUT2D eigenvalue weighted by molar-refractivity contribution is -0.138. The summed E-state index contributed by atoms with van der Waals surface area (Å²) in [5, 5.41) is 3.17. The van der Waals surface area contributed by atoms with Crippen LogP contribution in [0.25, 0.3) is 0 Å². The Morgan fingerprint density at radius 2 is 2.07 bits per heavy atom. The number of piperidine rings is 1. The molecular weight excluding hydrogens is 344 g/mol. The summed E-state index contributed by atoms with van der Waals surface area (Å²) in [5.74, 6) is 0.149. The van der Waals surface area contributed by atoms with Gasteiger partial charge in [0.1, 0.15) is 5.76 Å². The number of esters is 1. The molecule has 1 aromatic heterocycles. The smallest absolute Gasteiger partial charge is 0.340 e. The molecule has 1 unspecified atom stereocenters. The van der Waals surface area contributed by atoms with E-state index < -0.39 is 5.97 Å². The molecule has 1 amide bonds. The molecule has 0 bridgehead atoms. The Morgan fingerprint density at radius 1 is 1.22 bits per heavy atom. The first kappa shape index (κ1) is 19.0. The minimum Gasteiger partial charge on any atom is -0.467 e. The standard InChI is InChI=1S/C21H26N2O4/c1-2-16-8-5-6-12-23(16)20(24)15-27-21(25)18-10-3-4-11-19(18)22-14-17-9-7-13-26-17/h3-4,7,9-11,13,16,22H,2,5-6,8,12,14-15H2,1H3. The average Bonchev–Trinajstić information content (AvgIpc) is 3.24. The fourth-order valence-corrected chi connectivity index (χ4v) is 3.45. The van der Waals surface area contributed by atoms with Crippen LogP contribution in [-0.4, -0.2) is 36.0 Å². The molecule has 1 saturated heterocycles. The number of likely N-dealkylation sites (tertiary alicyclic amines) is 1. The molecule has 3 rings (SSSR count). The maximum absolute atomic E-state index is 12.5. The fourth-order valence-electron chi connectivity index (χ4n) is 3.45. The minimum absolute atomic E-state index is 0.115. The van der Waals surface area contributed by atoms with Gasteiger partial charge in [-0.1, -0.05) is 19.1 Å². The van der Waals surface area contributed by atoms with Crippen molar-refractivity contribution in [3.8, 4) is 0 Å². The number of furan rings is 1. The third-order valence-corrected chi connectivity index (χ3v) is 4.93. The lowest BCUT2D eigenvalue weighted by Crippen LogP contribution is -2.45. The van der Waals surface area contributed by atoms with Crippen LogP contribution in [0.1, 0.15) is 48.7 Å². The van der Waals surface area contributed by atoms with E-state index in [4.69, 9.17) is 9.15 Å². The fraction of sp³-hybridized carbons (Fsp3) is 0.429. The highest BCUT2D eigenvalue weighted by Crippen LogP contribution is 2.20. The second-order valence-corrected chi connectivity index (χ2v) is 6.70. The molecule has 1 N–H and O–H groups in total. The van der Waals surface area contributed by atoms with Gasteiger partial charge in [0.2, 0.25) is 0 Å². The lowest BCUT2D eigenvalue weighted by atomic mass is 10.00. The van der Waals surface area contributed by atoms with E-state index in [1.165, 1.54) is 0 Å². The molecule has 27 heavy (non-hydrogen) atoms. The largest absolute Gasteiger partial charge is 0.467 e. The summed E-state index contributed by atoms with van der Waals surface area (Å²) in [4.78, 5) is 26.9. The predicted octanol–water partition coefficient (Wildman–Crippen LogP) is 3.84. The summed E-state index contributed by atoms with van der Waals surface area (Å²) < 4.78 is 10.6. The Hall–Kier alpha value is -2.76. The third kappa shape index (κ3) is 4.90. The Labute approximate surface area is 159 Å². The lowest BCUT2D eigenvalue weighted by Gasteiger charge is -2.35. The normalized spacial score (nSPS) is 16.8. The molecule has 1 atom stereocenters. The highest BCUT2D eigenvalue weighted by atomic mass is 16.5. The van der Waals surface area contributed by atoms with Gasteiger partial charge in [-0.15, -0.1) is 0 Å². The zero-order chi connectivity index (χ0) is 19.1. The molecule has 0 radical (unpaired) electrons. The van der Waals surface area contributed by atoms with Gasteiger partial charge in [-0.05, 0) is 49.9 Å². The van der Waals surface area contributed by atoms with E-state index >= 15 is 0 Å². The Bertz CT molecular complexity index is 757. The predicted molar refractivity (Wildman–Crippen MR) is 102 cm³/mol. The summed E-state index contributed by atoms with van der Waals surface area (Å²) in [6, 6.07) is 11.0. The van der Waals surface area contributed by atoms with E-state index in [0.717, 1.165) is 38.0 Å². The first-order valence-corrected chi connectivity index (χ1v) is 9.51. The number of benzene rings is 1. The van der Waals surface area contributed by atoms with Crippen molar-refractivity contribution in [2.75, 3.05) is 18.5 Å². The number of para-hydroxylation sites is 1. The maximum Gasteiger partial charge on any atom is 0.340 e. The van der Waals surface area contributed by atoms with Gasteiger partial charge in [0, 0.05) is 18.3 Å². The molecule has 0 saturated carbocycles. The van der Waals surface area contributed by atoms with E-state index in [9.17, 15) is 9.59 Å². The van der Waals surface area contributed by atoms with Gasteiger partial charge in [-0.2, -0.15) is 0 Å². The summed E-state index contributed by atoms with van der Waals surface area (Å²) >= 11 is 0. The van der Waals surface area contributed by atoms with Crippen LogP contribution in [-0.2, 0) is 16.1 Å². The summed E-state index contributed by atoms with van der Waals surface area (Å²) in [6.07, 6.45) is 5.72. The quantitative estimate of drug-likeness (QED) is 0.750. The highest BCUT2D eigenvalue weighted by molar-refractivity contribution is 5.96. The number of nitrogens with one attached hydrogen (secondary N) is 1. The zero-order valence-corrected chi connectivity index (χ0v) is 15.6. The second kappa shape index (κ2) is 9.26. The number of carbonyl (C=O) groups excluding carboxylic acids is 2. The van der Waals surface area contributed by atoms with E-state index in [0.29, 0.717) is 17.8 Å². The van der Waals surface area contributed by atoms with Gasteiger partial charge >= 0.3 is 5.97 Å². The van der Waals surface area contributed by atoms with Crippen LogP contribution in [0.15, 0.2) is 47.1 Å². The Kier molecular flexibility index (Phi) is 6.52. The topological polar surface area (TPSA) is 71.8 Å². The van der Waals surface area contributed by atoms with Crippen molar-refractivity contribution in [3.63, 3.8) is 0 Å². The maximum atomic E-state index is 12.5. The van der Waals surface area contributed by atoms with Gasteiger partial charge < -0.3 is 19.4 Å². The van der Waals surface area contributed by atoms with Crippen LogP contribution in [0.5, 0.6) is 0 Å². The minimum atomic E-state index is -0.504. The summed E-state index contributed by atoms with van der Waals surface area (Å²) in [5.41, 5.74) is 1.05. The molecular formula is C21H26N2O4. The monoisotopic (exact) mass is 370 g/mol. The molecule has 1 aromatic carbocycles. The third-order valence-electron chi connectivity index (χ3n) is 4.93. The van der Waals surface area contributed by atoms with E-state index in [1.54, 1.807) is 24.5 Å². The first-order valence-electron chi connectivity index (χ1n) is 9.51. The van der Waals surface area contributed by atoms with Crippen LogP contribution in [0.4, 0.5) is 5.69 Å². The molecule has 0 spiro atoms. The number of carbonyl (C=O) groups is 2. The van der Waals surface area contributed by atoms with Crippen molar-refractivity contribution in [2.24, 2.45) is 0 Å². The Morgan fingerprint density at radius 3 is 2.85 bits per heavy atom. The van der Waals surface area contributed by atoms with Gasteiger partial charge in [-0.25, -0.2) is 4.79 Å². The van der Waals surface area contributed by atoms with Crippen LogP contribution in [0, 0.1) is 0 Å². The number of rotatable bonds is 7. The van der Waals surface area contributed by atoms with Crippen molar-refractivity contribution in [3.05, 3.63) is 54.0 Å². The SMILES string of the molecule is CCC1CCCCN1C(=O)COC(=O)c1ccccc1NCc1ccco1. The van der Waals surface area contributed by atoms with Crippen molar-refractivity contribution in [1.82, 2.24) is 4.90 Å². The molecule has 144 valence electrons. The van der Waals surface area contributed by atoms with Crippen LogP contribution in [0.3, 0.4) is 0 Å². The molecule has 1 aliphatic rings. The molecule has 0 aliphatic carbocycles. The van der Waals surface area contributed by atoms with Crippen LogP contribution < -0.4 is 5.32 Å². The van der Waals surface area contributed by atoms with Crippen LogP contribution >= 0.6 is 0 Å². The van der Waals surface area contributed by atoms with Crippen molar-refractivity contribution in [2.45, 2.75) is 45.2 Å². The number of nitrogens with zero attached hydrogens (tertiary/aromatic N) is 1. The number of ether oxygens (including phenoxy) is 1. The van der Waals surface area contributed by atoms with Gasteiger partial charge in [0.05, 0.1) is 18.4 Å². The zero-order valence-electron chi connectivity index (χ0n) is 15.6. The number of anilines is 1. The number of hydrogen-bond donors (Lipinski definition) is 1. The van der Waals surface area contributed by atoms with Gasteiger partial charge in [-0.3, -0.25) is 4.79 Å². The van der Waals surface area contributed by atoms with Crippen molar-refractivity contribution in [1.29, 1.82) is 0 Å². The molecule has 6 nitrogen and oxygen atoms in total. The average molecular weight is 370 g/mol. The molecule has 2 heterocycles. The summed E-state index contributed by atoms with van der Waals surface area (Å²) in [6.45, 7) is 3.07. The molecule has 1 aliphatic heterocycles. The number of hydrogen-bond acceptors (Lipinski definition) is 5. The first-order chi connectivity index (χ1) is 13.2. The summed E-state index contributed by atoms with van der Waals surface area (Å²) in [7, 11) is 0. The van der Waals surface area contributed by atoms with Crippen molar-refractivity contribution < 1.29 is 18.7 Å². The van der Waals surface area contributed by atoms with E-state index in [2.05, 4.69) is 12.2 Å². The molecule has 2 aromatic rings. The van der Waals surface area contributed by atoms with Gasteiger partial charge in [0.15, 0.2) is 6.61 Å². The van der Waals surface area contributed by atoms with Gasteiger partial charge in [0.25, 0.3) is 5.91 Å². The van der Waals surface area contributed by atoms with Crippen molar-refractivity contribution >= 4 is 17.6 Å². The molecule has 6 heteroatoms. The molecule has 1 fully saturated rings. The Balaban J connectivity index is 1.58. The number of amides is 1. The van der Waals surface area contributed by atoms with E-state index in [1.807, 2.05) is 23.1 Å². The van der Waals surface area contributed by atoms with E-state index in [-0.39, 0.29) is 18.6 Å². The van der Waals surface area contributed by atoms with Crippen LogP contribution in [0.2, 0.25) is 0 Å². The highest BCUT2D eigenvalue weighted by Gasteiger charge is 2.26.